The van der Waals surface area contributed by atoms with Gasteiger partial charge in [0.05, 0.1) is 0 Å². The number of phenolic OH excluding ortho intramolecular Hbond substituents is 1. The molecule has 0 saturated heterocycles. The first-order valence-electron chi connectivity index (χ1n) is 5.75. The van der Waals surface area contributed by atoms with Crippen molar-refractivity contribution >= 4 is 5.97 Å². The van der Waals surface area contributed by atoms with Crippen molar-refractivity contribution in [1.82, 2.24) is 0 Å². The highest BCUT2D eigenvalue weighted by Crippen LogP contribution is 2.31. The third-order valence-corrected chi connectivity index (χ3v) is 2.68. The van der Waals surface area contributed by atoms with Crippen LogP contribution in [0.1, 0.15) is 0 Å². The fourth-order valence-corrected chi connectivity index (χ4v) is 1.66. The Morgan fingerprint density at radius 3 is 2.48 bits per heavy atom. The van der Waals surface area contributed by atoms with Crippen molar-refractivity contribution in [3.63, 3.8) is 0 Å². The minimum atomic E-state index is -1.38. The Labute approximate surface area is 117 Å². The molecule has 0 heterocycles. The van der Waals surface area contributed by atoms with E-state index in [0.717, 1.165) is 30.3 Å². The lowest BCUT2D eigenvalue weighted by Crippen LogP contribution is -2.06. The summed E-state index contributed by atoms with van der Waals surface area (Å²) < 4.78 is 45.5. The summed E-state index contributed by atoms with van der Waals surface area (Å²) in [7, 11) is 0. The van der Waals surface area contributed by atoms with Crippen molar-refractivity contribution in [1.29, 1.82) is 0 Å². The number of benzene rings is 2. The second-order valence-electron chi connectivity index (χ2n) is 4.03. The zero-order valence-corrected chi connectivity index (χ0v) is 10.6. The van der Waals surface area contributed by atoms with Crippen molar-refractivity contribution in [3.05, 3.63) is 60.4 Å². The Bertz CT molecular complexity index is 726. The van der Waals surface area contributed by atoms with Gasteiger partial charge in [-0.3, -0.25) is 0 Å². The number of hydrogen-bond acceptors (Lipinski definition) is 3. The van der Waals surface area contributed by atoms with E-state index in [9.17, 15) is 18.0 Å². The molecule has 0 atom stereocenters. The van der Waals surface area contributed by atoms with Crippen LogP contribution in [-0.4, -0.2) is 11.1 Å². The van der Waals surface area contributed by atoms with Gasteiger partial charge in [0.15, 0.2) is 23.1 Å². The lowest BCUT2D eigenvalue weighted by molar-refractivity contribution is -0.129. The van der Waals surface area contributed by atoms with E-state index in [0.29, 0.717) is 0 Å². The number of ether oxygens (including phenoxy) is 1. The van der Waals surface area contributed by atoms with Crippen molar-refractivity contribution in [2.24, 2.45) is 0 Å². The van der Waals surface area contributed by atoms with Crippen molar-refractivity contribution in [3.8, 4) is 22.6 Å². The summed E-state index contributed by atoms with van der Waals surface area (Å²) >= 11 is 0. The van der Waals surface area contributed by atoms with E-state index in [1.54, 1.807) is 0 Å². The van der Waals surface area contributed by atoms with Crippen molar-refractivity contribution in [2.75, 3.05) is 0 Å². The Balaban J connectivity index is 2.47. The molecule has 0 spiro atoms. The van der Waals surface area contributed by atoms with E-state index in [1.165, 1.54) is 6.07 Å². The molecular formula is C15H9F3O3. The molecule has 0 amide bonds. The fraction of sp³-hybridized carbons (Fsp3) is 0. The largest absolute Gasteiger partial charge is 0.505 e. The molecule has 6 heteroatoms. The van der Waals surface area contributed by atoms with Crippen LogP contribution in [0, 0.1) is 17.5 Å². The first-order chi connectivity index (χ1) is 9.93. The smallest absolute Gasteiger partial charge is 0.335 e. The second kappa shape index (κ2) is 5.70. The maximum atomic E-state index is 14.0. The minimum Gasteiger partial charge on any atom is -0.505 e. The summed E-state index contributed by atoms with van der Waals surface area (Å²) in [5.74, 6) is -5.77. The van der Waals surface area contributed by atoms with Gasteiger partial charge >= 0.3 is 5.97 Å². The zero-order chi connectivity index (χ0) is 15.6. The number of carbonyl (C=O) groups is 1. The summed E-state index contributed by atoms with van der Waals surface area (Å²) in [6.45, 7) is 3.14. The standard InChI is InChI=1S/C15H9F3O3/c1-2-13(20)21-12-6-4-9(14(17)15(12)18)8-3-5-11(19)10(16)7-8/h2-7,19H,1H2. The van der Waals surface area contributed by atoms with E-state index in [1.807, 2.05) is 0 Å². The molecule has 0 saturated carbocycles. The SMILES string of the molecule is C=CC(=O)Oc1ccc(-c2ccc(O)c(F)c2)c(F)c1F. The summed E-state index contributed by atoms with van der Waals surface area (Å²) in [4.78, 5) is 11.0. The summed E-state index contributed by atoms with van der Waals surface area (Å²) in [6.07, 6.45) is 0.806. The van der Waals surface area contributed by atoms with Gasteiger partial charge in [-0.25, -0.2) is 13.6 Å². The zero-order valence-electron chi connectivity index (χ0n) is 10.6. The molecule has 108 valence electrons. The van der Waals surface area contributed by atoms with Crippen molar-refractivity contribution < 1.29 is 27.8 Å². The number of halogens is 3. The number of esters is 1. The van der Waals surface area contributed by atoms with Crippen LogP contribution in [0.15, 0.2) is 43.0 Å². The number of aromatic hydroxyl groups is 1. The van der Waals surface area contributed by atoms with E-state index in [2.05, 4.69) is 11.3 Å². The molecule has 3 nitrogen and oxygen atoms in total. The van der Waals surface area contributed by atoms with Gasteiger partial charge in [-0.05, 0) is 29.8 Å². The van der Waals surface area contributed by atoms with Gasteiger partial charge in [0.1, 0.15) is 0 Å². The van der Waals surface area contributed by atoms with Gasteiger partial charge in [0.25, 0.3) is 0 Å². The van der Waals surface area contributed by atoms with Crippen LogP contribution in [0.2, 0.25) is 0 Å². The third kappa shape index (κ3) is 2.89. The molecule has 0 aromatic heterocycles. The third-order valence-electron chi connectivity index (χ3n) is 2.68. The first-order valence-corrected chi connectivity index (χ1v) is 5.75. The number of rotatable bonds is 3. The monoisotopic (exact) mass is 294 g/mol. The Morgan fingerprint density at radius 1 is 1.14 bits per heavy atom. The highest BCUT2D eigenvalue weighted by atomic mass is 19.2. The predicted molar refractivity (Wildman–Crippen MR) is 69.2 cm³/mol. The van der Waals surface area contributed by atoms with Crippen LogP contribution in [-0.2, 0) is 4.79 Å². The predicted octanol–water partition coefficient (Wildman–Crippen LogP) is 3.57. The fourth-order valence-electron chi connectivity index (χ4n) is 1.66. The molecule has 1 N–H and O–H groups in total. The van der Waals surface area contributed by atoms with Gasteiger partial charge in [0.2, 0.25) is 5.82 Å². The van der Waals surface area contributed by atoms with E-state index in [-0.39, 0.29) is 11.1 Å². The second-order valence-corrected chi connectivity index (χ2v) is 4.03. The molecule has 0 radical (unpaired) electrons. The van der Waals surface area contributed by atoms with Gasteiger partial charge in [0, 0.05) is 11.6 Å². The minimum absolute atomic E-state index is 0.0308. The van der Waals surface area contributed by atoms with Crippen LogP contribution in [0.4, 0.5) is 13.2 Å². The molecule has 0 bridgehead atoms. The number of phenols is 1. The quantitative estimate of drug-likeness (QED) is 0.535. The lowest BCUT2D eigenvalue weighted by atomic mass is 10.0. The topological polar surface area (TPSA) is 46.5 Å². The summed E-state index contributed by atoms with van der Waals surface area (Å²) in [6, 6.07) is 5.29. The maximum absolute atomic E-state index is 14.0. The highest BCUT2D eigenvalue weighted by molar-refractivity contribution is 5.83. The highest BCUT2D eigenvalue weighted by Gasteiger charge is 2.18. The molecule has 2 aromatic carbocycles. The normalized spacial score (nSPS) is 10.2. The Kier molecular flexibility index (Phi) is 3.98. The van der Waals surface area contributed by atoms with Gasteiger partial charge in [-0.2, -0.15) is 4.39 Å². The average molecular weight is 294 g/mol. The van der Waals surface area contributed by atoms with Crippen LogP contribution in [0.5, 0.6) is 11.5 Å². The molecule has 0 fully saturated rings. The summed E-state index contributed by atoms with van der Waals surface area (Å²) in [5, 5.41) is 9.08. The summed E-state index contributed by atoms with van der Waals surface area (Å²) in [5.41, 5.74) is -0.201. The number of hydrogen-bond donors (Lipinski definition) is 1. The Hall–Kier alpha value is -2.76. The molecule has 2 rings (SSSR count). The van der Waals surface area contributed by atoms with Crippen LogP contribution in [0.3, 0.4) is 0 Å². The molecule has 2 aromatic rings. The number of carbonyl (C=O) groups excluding carboxylic acids is 1. The van der Waals surface area contributed by atoms with E-state index in [4.69, 9.17) is 5.11 Å². The average Bonchev–Trinajstić information content (AvgIpc) is 2.47. The van der Waals surface area contributed by atoms with Gasteiger partial charge < -0.3 is 9.84 Å². The van der Waals surface area contributed by atoms with Crippen LogP contribution < -0.4 is 4.74 Å². The van der Waals surface area contributed by atoms with Crippen LogP contribution >= 0.6 is 0 Å². The van der Waals surface area contributed by atoms with Gasteiger partial charge in [-0.1, -0.05) is 12.6 Å². The van der Waals surface area contributed by atoms with Crippen molar-refractivity contribution in [2.45, 2.75) is 0 Å². The lowest BCUT2D eigenvalue weighted by Gasteiger charge is -2.08. The van der Waals surface area contributed by atoms with E-state index < -0.39 is 34.9 Å². The molecule has 0 aliphatic rings. The molecule has 0 aliphatic carbocycles. The Morgan fingerprint density at radius 2 is 1.86 bits per heavy atom. The molecule has 21 heavy (non-hydrogen) atoms. The van der Waals surface area contributed by atoms with E-state index >= 15 is 0 Å². The molecule has 0 unspecified atom stereocenters. The molecule has 0 aliphatic heterocycles. The van der Waals surface area contributed by atoms with Crippen LogP contribution in [0.25, 0.3) is 11.1 Å². The first kappa shape index (κ1) is 14.6. The maximum Gasteiger partial charge on any atom is 0.335 e. The molecular weight excluding hydrogens is 285 g/mol. The van der Waals surface area contributed by atoms with Gasteiger partial charge in [-0.15, -0.1) is 0 Å².